The van der Waals surface area contributed by atoms with Gasteiger partial charge in [-0.2, -0.15) is 0 Å². The first-order valence-electron chi connectivity index (χ1n) is 58.3. The molecule has 4 saturated carbocycles. The molecule has 8 bridgehead atoms. The van der Waals surface area contributed by atoms with E-state index in [2.05, 4.69) is 101 Å². The molecule has 0 aromatic heterocycles. The van der Waals surface area contributed by atoms with E-state index in [1.807, 2.05) is 0 Å². The minimum atomic E-state index is 0.273. The highest BCUT2D eigenvalue weighted by atomic mass is 15.4. The molecule has 16 atom stereocenters. The monoisotopic (exact) mass is 1770 g/mol. The van der Waals surface area contributed by atoms with Crippen LogP contribution in [0.15, 0.2) is 101 Å². The lowest BCUT2D eigenvalue weighted by Gasteiger charge is -2.46. The third-order valence-electron chi connectivity index (χ3n) is 35.6. The number of allylic oxidation sites excluding steroid dienone is 8. The van der Waals surface area contributed by atoms with Crippen molar-refractivity contribution in [3.05, 3.63) is 101 Å². The molecule has 0 amide bonds. The Morgan fingerprint density at radius 3 is 0.305 bits per heavy atom. The number of nitrogens with one attached hydrogen (secondary N) is 8. The molecule has 0 aromatic rings. The second-order valence-corrected chi connectivity index (χ2v) is 44.9. The fraction of sp³-hybridized carbons (Fsp3) is 0.867. The van der Waals surface area contributed by atoms with Crippen LogP contribution in [0.3, 0.4) is 0 Å². The second-order valence-electron chi connectivity index (χ2n) is 44.9. The molecule has 8 heteroatoms. The van der Waals surface area contributed by atoms with Crippen molar-refractivity contribution in [2.24, 2.45) is 94.7 Å². The summed E-state index contributed by atoms with van der Waals surface area (Å²) in [7, 11) is 0. The average molecular weight is 1770 g/mol. The highest BCUT2D eigenvalue weighted by Gasteiger charge is 2.61. The predicted octanol–water partition coefficient (Wildman–Crippen LogP) is 34.0. The van der Waals surface area contributed by atoms with Crippen LogP contribution in [0.2, 0.25) is 0 Å². The van der Waals surface area contributed by atoms with Gasteiger partial charge >= 0.3 is 0 Å². The van der Waals surface area contributed by atoms with Gasteiger partial charge in [-0.25, -0.2) is 0 Å². The van der Waals surface area contributed by atoms with Gasteiger partial charge in [0.15, 0.2) is 0 Å². The van der Waals surface area contributed by atoms with Gasteiger partial charge in [-0.1, -0.05) is 408 Å². The maximum absolute atomic E-state index is 5.05. The van der Waals surface area contributed by atoms with Gasteiger partial charge in [0.05, 0.1) is 49.3 Å². The molecule has 0 aromatic carbocycles. The van der Waals surface area contributed by atoms with Gasteiger partial charge in [-0.05, 0) is 249 Å². The summed E-state index contributed by atoms with van der Waals surface area (Å²) < 4.78 is 0. The van der Waals surface area contributed by atoms with Gasteiger partial charge in [-0.15, -0.1) is 52.6 Å². The van der Waals surface area contributed by atoms with Gasteiger partial charge in [-0.3, -0.25) is 42.5 Å². The van der Waals surface area contributed by atoms with Crippen molar-refractivity contribution in [1.82, 2.24) is 42.5 Å². The Bertz CT molecular complexity index is 2250. The van der Waals surface area contributed by atoms with Gasteiger partial charge in [0.2, 0.25) is 0 Å². The highest BCUT2D eigenvalue weighted by molar-refractivity contribution is 5.14. The molecule has 16 unspecified atom stereocenters. The van der Waals surface area contributed by atoms with Crippen molar-refractivity contribution in [2.45, 2.75) is 563 Å². The smallest absolute Gasteiger partial charge is 0.0631 e. The SMILES string of the molecule is C=CCCCCCCCCCC1CCC(CCCCCCCCCC=C)C2C3NC(NC4NC(NC5NC(NC6NC(N3)C3C(CCCCCCCCCC=C)CCC(CCCCCCCCCC=C)C63)C3C(CCCCCCCCCC=C)CCC(CCCCCCCCCC=C)C53)C3C(CCCCCCCCCC=C)CCC(CCCCCCCCCC=C)C43)C12. The minimum Gasteiger partial charge on any atom is -0.286 e. The summed E-state index contributed by atoms with van der Waals surface area (Å²) in [5.41, 5.74) is 0. The van der Waals surface area contributed by atoms with Gasteiger partial charge in [0.1, 0.15) is 0 Å². The summed E-state index contributed by atoms with van der Waals surface area (Å²) in [6.07, 6.45) is 129. The lowest BCUT2D eigenvalue weighted by atomic mass is 9.62. The van der Waals surface area contributed by atoms with E-state index in [9.17, 15) is 0 Å². The van der Waals surface area contributed by atoms with E-state index in [0.717, 1.165) is 47.3 Å². The molecule has 4 aliphatic carbocycles. The molecular weight excluding hydrogens is 1550 g/mol. The van der Waals surface area contributed by atoms with Crippen LogP contribution in [0.1, 0.15) is 514 Å². The Kier molecular flexibility index (Phi) is 59.2. The number of hydrogen-bond acceptors (Lipinski definition) is 8. The summed E-state index contributed by atoms with van der Waals surface area (Å²) in [4.78, 5) is 0. The first-order chi connectivity index (χ1) is 63.4. The molecule has 9 aliphatic rings. The quantitative estimate of drug-likeness (QED) is 0.0226. The Balaban J connectivity index is 1.15. The molecule has 5 heterocycles. The minimum absolute atomic E-state index is 0.273. The van der Waals surface area contributed by atoms with Crippen LogP contribution in [0.25, 0.3) is 0 Å². The topological polar surface area (TPSA) is 96.2 Å². The Hall–Kier alpha value is -2.40. The molecule has 0 spiro atoms. The Labute approximate surface area is 796 Å². The zero-order valence-electron chi connectivity index (χ0n) is 84.7. The molecule has 128 heavy (non-hydrogen) atoms. The zero-order chi connectivity index (χ0) is 89.7. The summed E-state index contributed by atoms with van der Waals surface area (Å²) in [6.45, 7) is 32.6. The van der Waals surface area contributed by atoms with Crippen molar-refractivity contribution in [1.29, 1.82) is 0 Å². The second kappa shape index (κ2) is 69.4. The maximum Gasteiger partial charge on any atom is 0.0631 e. The van der Waals surface area contributed by atoms with E-state index in [4.69, 9.17) is 42.5 Å². The van der Waals surface area contributed by atoms with Gasteiger partial charge < -0.3 is 0 Å². The third kappa shape index (κ3) is 39.2. The summed E-state index contributed by atoms with van der Waals surface area (Å²) in [5.74, 6) is 10.8. The number of unbranched alkanes of at least 4 members (excludes halogenated alkanes) is 56. The summed E-state index contributed by atoms with van der Waals surface area (Å²) >= 11 is 0. The molecule has 0 radical (unpaired) electrons. The van der Waals surface area contributed by atoms with Crippen LogP contribution < -0.4 is 42.5 Å². The molecular formula is C120H216N8. The molecule has 8 nitrogen and oxygen atoms in total. The van der Waals surface area contributed by atoms with E-state index in [1.54, 1.807) is 0 Å². The van der Waals surface area contributed by atoms with Crippen LogP contribution in [0.4, 0.5) is 0 Å². The van der Waals surface area contributed by atoms with Crippen molar-refractivity contribution < 1.29 is 0 Å². The third-order valence-corrected chi connectivity index (χ3v) is 35.6. The standard InChI is InChI=1S/C120H216N8/c1-9-17-25-33-41-49-57-65-73-81-97-89-90-98(82-74-66-58-50-42-34-26-18-10-2)106-105(97)113-121-114(106)126-116-109-101(85-77-69-61-53-45-37-29-21-13-5)93-94-102(86-78-70-62-54-46-38-30-22-14-6)110(109)118(123-116)128-120-112-104(88-80-72-64-56-48-40-32-24-16-8)96-95-103(87-79-71-63-55-47-39-31-23-15-7)111(112)119(124-120)127-117-108-100(84-76-68-60-52-44-36-28-20-12-4)92-91-99(107(108)115(122-117)125-113)83-75-67-59-51-43-35-27-19-11-3/h9-16,97-128H,1-8,17-96H2. The van der Waals surface area contributed by atoms with Gasteiger partial charge in [0.25, 0.3) is 0 Å². The first kappa shape index (κ1) is 109. The zero-order valence-corrected chi connectivity index (χ0v) is 84.7. The molecule has 9 rings (SSSR count). The summed E-state index contributed by atoms with van der Waals surface area (Å²) in [6, 6.07) is 0. The van der Waals surface area contributed by atoms with Crippen molar-refractivity contribution in [3.8, 4) is 0 Å². The van der Waals surface area contributed by atoms with Crippen LogP contribution in [-0.2, 0) is 0 Å². The molecule has 9 fully saturated rings. The highest BCUT2D eigenvalue weighted by Crippen LogP contribution is 2.56. The Morgan fingerprint density at radius 1 is 0.125 bits per heavy atom. The largest absolute Gasteiger partial charge is 0.286 e. The number of hydrogen-bond donors (Lipinski definition) is 8. The van der Waals surface area contributed by atoms with Crippen molar-refractivity contribution >= 4 is 0 Å². The molecule has 8 N–H and O–H groups in total. The average Bonchev–Trinajstić information content (AvgIpc) is 1.57. The molecule has 736 valence electrons. The van der Waals surface area contributed by atoms with Crippen LogP contribution in [0, 0.1) is 94.7 Å². The van der Waals surface area contributed by atoms with E-state index in [0.29, 0.717) is 47.3 Å². The van der Waals surface area contributed by atoms with E-state index >= 15 is 0 Å². The van der Waals surface area contributed by atoms with E-state index in [-0.39, 0.29) is 49.3 Å². The fourth-order valence-electron chi connectivity index (χ4n) is 28.8. The van der Waals surface area contributed by atoms with Crippen molar-refractivity contribution in [2.75, 3.05) is 0 Å². The number of rotatable bonds is 80. The van der Waals surface area contributed by atoms with E-state index < -0.39 is 0 Å². The molecule has 5 aliphatic heterocycles. The maximum atomic E-state index is 5.05. The molecule has 5 saturated heterocycles. The lowest BCUT2D eigenvalue weighted by molar-refractivity contribution is 0.0367. The Morgan fingerprint density at radius 2 is 0.211 bits per heavy atom. The van der Waals surface area contributed by atoms with Crippen LogP contribution in [-0.4, -0.2) is 49.3 Å². The summed E-state index contributed by atoms with van der Waals surface area (Å²) in [5, 5.41) is 39.9. The van der Waals surface area contributed by atoms with Crippen LogP contribution >= 0.6 is 0 Å². The fourth-order valence-corrected chi connectivity index (χ4v) is 28.8. The first-order valence-corrected chi connectivity index (χ1v) is 58.3. The predicted molar refractivity (Wildman–Crippen MR) is 562 cm³/mol. The van der Waals surface area contributed by atoms with Crippen molar-refractivity contribution in [3.63, 3.8) is 0 Å². The normalized spacial score (nSPS) is 30.6. The van der Waals surface area contributed by atoms with E-state index in [1.165, 1.54) is 514 Å². The van der Waals surface area contributed by atoms with Gasteiger partial charge in [0, 0.05) is 0 Å². The lowest BCUT2D eigenvalue weighted by Crippen LogP contribution is -2.62. The van der Waals surface area contributed by atoms with Crippen LogP contribution in [0.5, 0.6) is 0 Å². The number of fused-ring (bicyclic) bond motifs is 20.